The Morgan fingerprint density at radius 1 is 1.26 bits per heavy atom. The number of hydrogen-bond donors (Lipinski definition) is 0. The van der Waals surface area contributed by atoms with Crippen LogP contribution in [0.25, 0.3) is 0 Å². The van der Waals surface area contributed by atoms with Gasteiger partial charge < -0.3 is 9.47 Å². The average Bonchev–Trinajstić information content (AvgIpc) is 3.02. The fraction of sp³-hybridized carbons (Fsp3) is 0.429. The lowest BCUT2D eigenvalue weighted by atomic mass is 10.0. The van der Waals surface area contributed by atoms with Crippen molar-refractivity contribution in [1.29, 1.82) is 0 Å². The van der Waals surface area contributed by atoms with Crippen LogP contribution in [0.4, 0.5) is 0 Å². The van der Waals surface area contributed by atoms with Crippen LogP contribution in [0.3, 0.4) is 0 Å². The zero-order valence-corrected chi connectivity index (χ0v) is 10.7. The van der Waals surface area contributed by atoms with E-state index in [-0.39, 0.29) is 35.4 Å². The van der Waals surface area contributed by atoms with E-state index < -0.39 is 6.29 Å². The van der Waals surface area contributed by atoms with E-state index in [1.165, 1.54) is 0 Å². The van der Waals surface area contributed by atoms with Crippen molar-refractivity contribution in [3.63, 3.8) is 0 Å². The number of benzene rings is 1. The van der Waals surface area contributed by atoms with Crippen LogP contribution in [0.15, 0.2) is 24.3 Å². The Morgan fingerprint density at radius 2 is 2.00 bits per heavy atom. The Hall–Kier alpha value is -1.23. The second kappa shape index (κ2) is 3.88. The summed E-state index contributed by atoms with van der Waals surface area (Å²) >= 11 is 5.81. The normalized spacial score (nSPS) is 39.0. The summed E-state index contributed by atoms with van der Waals surface area (Å²) in [7, 11) is 0. The summed E-state index contributed by atoms with van der Waals surface area (Å²) in [5.74, 6) is -0.529. The second-order valence-electron chi connectivity index (χ2n) is 5.24. The summed E-state index contributed by atoms with van der Waals surface area (Å²) in [5, 5.41) is 0.594. The number of carbonyl (C=O) groups is 2. The molecule has 1 aliphatic carbocycles. The number of rotatable bonds is 2. The largest absolute Gasteiger partial charge is 0.343 e. The van der Waals surface area contributed by atoms with E-state index in [1.807, 2.05) is 0 Å². The molecule has 19 heavy (non-hydrogen) atoms. The van der Waals surface area contributed by atoms with Crippen molar-refractivity contribution in [3.8, 4) is 0 Å². The quantitative estimate of drug-likeness (QED) is 0.773. The Morgan fingerprint density at radius 3 is 2.74 bits per heavy atom. The second-order valence-corrected chi connectivity index (χ2v) is 5.68. The van der Waals surface area contributed by atoms with Gasteiger partial charge in [0.2, 0.25) is 6.29 Å². The van der Waals surface area contributed by atoms with Gasteiger partial charge in [-0.05, 0) is 24.3 Å². The van der Waals surface area contributed by atoms with Gasteiger partial charge in [0.15, 0.2) is 11.6 Å². The molecule has 5 heteroatoms. The SMILES string of the molecule is O=C1C2OCC(O2)C2C1[C@H]2C(=O)c1ccc(Cl)cc1. The van der Waals surface area contributed by atoms with Crippen molar-refractivity contribution in [2.75, 3.05) is 6.61 Å². The summed E-state index contributed by atoms with van der Waals surface area (Å²) in [6.07, 6.45) is -0.844. The zero-order chi connectivity index (χ0) is 13.1. The molecular weight excluding hydrogens is 268 g/mol. The molecular formula is C14H11ClO4. The standard InChI is InChI=1S/C14H11ClO4/c15-7-3-1-6(2-4-7)12(16)10-9-8-5-18-14(19-8)13(17)11(9)10/h1-4,8-11,14H,5H2/t8?,9?,10-,11?,14?/m0/s1. The maximum atomic E-state index is 12.4. The van der Waals surface area contributed by atoms with E-state index in [1.54, 1.807) is 24.3 Å². The number of fused-ring (bicyclic) bond motifs is 4. The monoisotopic (exact) mass is 278 g/mol. The minimum Gasteiger partial charge on any atom is -0.343 e. The zero-order valence-electron chi connectivity index (χ0n) is 9.91. The van der Waals surface area contributed by atoms with Gasteiger partial charge in [-0.25, -0.2) is 0 Å². The Kier molecular flexibility index (Phi) is 2.37. The maximum Gasteiger partial charge on any atom is 0.218 e. The molecule has 2 heterocycles. The van der Waals surface area contributed by atoms with Crippen molar-refractivity contribution in [2.45, 2.75) is 12.4 Å². The van der Waals surface area contributed by atoms with E-state index in [0.717, 1.165) is 0 Å². The average molecular weight is 279 g/mol. The van der Waals surface area contributed by atoms with Crippen LogP contribution in [-0.2, 0) is 14.3 Å². The fourth-order valence-electron chi connectivity index (χ4n) is 3.24. The van der Waals surface area contributed by atoms with E-state index in [9.17, 15) is 9.59 Å². The summed E-state index contributed by atoms with van der Waals surface area (Å²) in [6, 6.07) is 6.78. The van der Waals surface area contributed by atoms with E-state index in [4.69, 9.17) is 21.1 Å². The van der Waals surface area contributed by atoms with Gasteiger partial charge in [-0.3, -0.25) is 9.59 Å². The Labute approximate surface area is 114 Å². The molecule has 0 N–H and O–H groups in total. The highest BCUT2D eigenvalue weighted by Crippen LogP contribution is 2.57. The number of Topliss-reactive ketones (excluding diaryl/α,β-unsaturated/α-hetero) is 2. The van der Waals surface area contributed by atoms with Crippen molar-refractivity contribution in [3.05, 3.63) is 34.9 Å². The predicted molar refractivity (Wildman–Crippen MR) is 65.9 cm³/mol. The van der Waals surface area contributed by atoms with Crippen LogP contribution in [0, 0.1) is 17.8 Å². The van der Waals surface area contributed by atoms with Crippen LogP contribution in [-0.4, -0.2) is 30.6 Å². The molecule has 4 unspecified atom stereocenters. The van der Waals surface area contributed by atoms with E-state index in [2.05, 4.69) is 0 Å². The number of hydrogen-bond acceptors (Lipinski definition) is 4. The molecule has 2 aliphatic heterocycles. The molecule has 98 valence electrons. The first-order valence-corrected chi connectivity index (χ1v) is 6.65. The van der Waals surface area contributed by atoms with Crippen LogP contribution in [0.1, 0.15) is 10.4 Å². The molecule has 3 fully saturated rings. The summed E-state index contributed by atoms with van der Waals surface area (Å²) < 4.78 is 10.7. The topological polar surface area (TPSA) is 52.6 Å². The molecule has 1 aromatic rings. The summed E-state index contributed by atoms with van der Waals surface area (Å²) in [4.78, 5) is 24.4. The highest BCUT2D eigenvalue weighted by Gasteiger charge is 2.68. The molecule has 5 atom stereocenters. The first-order chi connectivity index (χ1) is 9.16. The first kappa shape index (κ1) is 11.6. The van der Waals surface area contributed by atoms with E-state index in [0.29, 0.717) is 17.2 Å². The first-order valence-electron chi connectivity index (χ1n) is 6.27. The lowest BCUT2D eigenvalue weighted by Crippen LogP contribution is -2.30. The van der Waals surface area contributed by atoms with Crippen molar-refractivity contribution in [1.82, 2.24) is 0 Å². The third-order valence-electron chi connectivity index (χ3n) is 4.21. The van der Waals surface area contributed by atoms with Gasteiger partial charge in [0.25, 0.3) is 0 Å². The minimum absolute atomic E-state index is 0.00516. The summed E-state index contributed by atoms with van der Waals surface area (Å²) in [5.41, 5.74) is 0.605. The van der Waals surface area contributed by atoms with Gasteiger partial charge in [0.1, 0.15) is 0 Å². The predicted octanol–water partition coefficient (Wildman–Crippen LogP) is 1.71. The lowest BCUT2D eigenvalue weighted by molar-refractivity contribution is -0.153. The molecule has 4 nitrogen and oxygen atoms in total. The Balaban J connectivity index is 1.60. The number of carbonyl (C=O) groups excluding carboxylic acids is 2. The maximum absolute atomic E-state index is 12.4. The highest BCUT2D eigenvalue weighted by atomic mass is 35.5. The molecule has 3 aliphatic rings. The molecule has 0 spiro atoms. The fourth-order valence-corrected chi connectivity index (χ4v) is 3.36. The lowest BCUT2D eigenvalue weighted by Gasteiger charge is -2.14. The molecule has 1 saturated carbocycles. The molecule has 4 rings (SSSR count). The Bertz CT molecular complexity index is 567. The highest BCUT2D eigenvalue weighted by molar-refractivity contribution is 6.30. The molecule has 1 aromatic carbocycles. The van der Waals surface area contributed by atoms with Crippen LogP contribution < -0.4 is 0 Å². The number of halogens is 1. The smallest absolute Gasteiger partial charge is 0.218 e. The molecule has 0 radical (unpaired) electrons. The third-order valence-corrected chi connectivity index (χ3v) is 4.46. The third kappa shape index (κ3) is 1.60. The van der Waals surface area contributed by atoms with Gasteiger partial charge in [0.05, 0.1) is 12.7 Å². The van der Waals surface area contributed by atoms with Gasteiger partial charge in [0, 0.05) is 28.3 Å². The van der Waals surface area contributed by atoms with Crippen molar-refractivity contribution >= 4 is 23.2 Å². The summed E-state index contributed by atoms with van der Waals surface area (Å²) in [6.45, 7) is 0.419. The van der Waals surface area contributed by atoms with Crippen LogP contribution >= 0.6 is 11.6 Å². The van der Waals surface area contributed by atoms with Gasteiger partial charge in [-0.15, -0.1) is 0 Å². The molecule has 2 bridgehead atoms. The van der Waals surface area contributed by atoms with Gasteiger partial charge in [-0.1, -0.05) is 11.6 Å². The van der Waals surface area contributed by atoms with Crippen LogP contribution in [0.2, 0.25) is 5.02 Å². The molecule has 0 aromatic heterocycles. The number of ketones is 2. The van der Waals surface area contributed by atoms with Crippen molar-refractivity contribution in [2.24, 2.45) is 17.8 Å². The van der Waals surface area contributed by atoms with E-state index >= 15 is 0 Å². The molecule has 0 amide bonds. The van der Waals surface area contributed by atoms with Crippen molar-refractivity contribution < 1.29 is 19.1 Å². The van der Waals surface area contributed by atoms with Gasteiger partial charge >= 0.3 is 0 Å². The van der Waals surface area contributed by atoms with Gasteiger partial charge in [-0.2, -0.15) is 0 Å². The van der Waals surface area contributed by atoms with Crippen LogP contribution in [0.5, 0.6) is 0 Å². The molecule has 2 saturated heterocycles. The minimum atomic E-state index is -0.741. The number of ether oxygens (including phenoxy) is 2.